The second-order valence-electron chi connectivity index (χ2n) is 4.92. The number of hydrogen-bond acceptors (Lipinski definition) is 3. The molecule has 2 N–H and O–H groups in total. The van der Waals surface area contributed by atoms with E-state index in [1.54, 1.807) is 18.2 Å². The van der Waals surface area contributed by atoms with Crippen molar-refractivity contribution in [2.24, 2.45) is 0 Å². The first-order valence-electron chi connectivity index (χ1n) is 6.62. The first-order valence-corrected chi connectivity index (χ1v) is 7.00. The molecule has 5 heteroatoms. The lowest BCUT2D eigenvalue weighted by Gasteiger charge is -2.11. The fraction of sp³-hybridized carbons (Fsp3) is 0. The third kappa shape index (κ3) is 2.86. The van der Waals surface area contributed by atoms with E-state index in [-0.39, 0.29) is 11.5 Å². The Labute approximate surface area is 131 Å². The van der Waals surface area contributed by atoms with Crippen LogP contribution in [-0.2, 0) is 0 Å². The van der Waals surface area contributed by atoms with Crippen LogP contribution >= 0.6 is 11.6 Å². The van der Waals surface area contributed by atoms with Crippen LogP contribution in [0.2, 0.25) is 5.02 Å². The van der Waals surface area contributed by atoms with E-state index < -0.39 is 5.23 Å². The van der Waals surface area contributed by atoms with Crippen LogP contribution < -0.4 is 5.23 Å². The van der Waals surface area contributed by atoms with E-state index in [2.05, 4.69) is 0 Å². The van der Waals surface area contributed by atoms with E-state index in [9.17, 15) is 10.0 Å². The zero-order valence-electron chi connectivity index (χ0n) is 11.4. The highest BCUT2D eigenvalue weighted by Crippen LogP contribution is 2.22. The fourth-order valence-corrected chi connectivity index (χ4v) is 2.47. The van der Waals surface area contributed by atoms with Gasteiger partial charge in [-0.3, -0.25) is 4.79 Å². The lowest BCUT2D eigenvalue weighted by Crippen LogP contribution is -2.99. The van der Waals surface area contributed by atoms with Crippen molar-refractivity contribution in [2.45, 2.75) is 0 Å². The Kier molecular flexibility index (Phi) is 3.92. The first kappa shape index (κ1) is 14.7. The second-order valence-corrected chi connectivity index (χ2v) is 5.35. The summed E-state index contributed by atoms with van der Waals surface area (Å²) in [6.07, 6.45) is 0. The van der Waals surface area contributed by atoms with Crippen molar-refractivity contribution in [1.29, 1.82) is 0 Å². The van der Waals surface area contributed by atoms with Gasteiger partial charge < -0.3 is 5.21 Å². The van der Waals surface area contributed by atoms with Crippen LogP contribution in [-0.4, -0.2) is 11.0 Å². The largest absolute Gasteiger partial charge is 0.595 e. The molecule has 0 aliphatic rings. The summed E-state index contributed by atoms with van der Waals surface area (Å²) in [5.74, 6) is -0.145. The van der Waals surface area contributed by atoms with Crippen molar-refractivity contribution in [3.05, 3.63) is 82.0 Å². The summed E-state index contributed by atoms with van der Waals surface area (Å²) in [6, 6.07) is 16.8. The first-order chi connectivity index (χ1) is 10.5. The second kappa shape index (κ2) is 5.87. The van der Waals surface area contributed by atoms with Gasteiger partial charge in [0, 0.05) is 28.3 Å². The Morgan fingerprint density at radius 1 is 0.909 bits per heavy atom. The SMILES string of the molecule is O=C(c1ccc([NH+]([O-])O)cc1)c1ccc2cc(Cl)ccc2c1. The lowest BCUT2D eigenvalue weighted by molar-refractivity contribution is -0.991. The van der Waals surface area contributed by atoms with Crippen molar-refractivity contribution in [3.63, 3.8) is 0 Å². The molecule has 0 aliphatic carbocycles. The average Bonchev–Trinajstić information content (AvgIpc) is 2.53. The zero-order valence-corrected chi connectivity index (χ0v) is 12.2. The molecule has 110 valence electrons. The minimum atomic E-state index is -1.01. The topological polar surface area (TPSA) is 64.8 Å². The number of fused-ring (bicyclic) bond motifs is 1. The Morgan fingerprint density at radius 3 is 2.18 bits per heavy atom. The van der Waals surface area contributed by atoms with Crippen LogP contribution in [0, 0.1) is 5.21 Å². The molecule has 1 unspecified atom stereocenters. The van der Waals surface area contributed by atoms with E-state index in [4.69, 9.17) is 16.8 Å². The maximum atomic E-state index is 12.5. The van der Waals surface area contributed by atoms with E-state index in [1.165, 1.54) is 24.3 Å². The van der Waals surface area contributed by atoms with Crippen molar-refractivity contribution in [2.75, 3.05) is 0 Å². The van der Waals surface area contributed by atoms with Gasteiger partial charge >= 0.3 is 0 Å². The standard InChI is InChI=1S/C17H12ClNO3/c18-15-6-3-12-9-14(2-1-13(12)10-15)17(20)11-4-7-16(8-5-11)19(21)22/h1-10,19,21H. The molecule has 0 fully saturated rings. The quantitative estimate of drug-likeness (QED) is 0.577. The summed E-state index contributed by atoms with van der Waals surface area (Å²) in [5, 5.41) is 21.2. The molecular formula is C17H12ClNO3. The summed E-state index contributed by atoms with van der Waals surface area (Å²) in [6.45, 7) is 0. The molecule has 0 aliphatic heterocycles. The number of hydrogen-bond donors (Lipinski definition) is 2. The monoisotopic (exact) mass is 313 g/mol. The number of nitrogens with one attached hydrogen (secondary N) is 1. The van der Waals surface area contributed by atoms with Gasteiger partial charge in [0.1, 0.15) is 0 Å². The molecule has 3 aromatic carbocycles. The number of carbonyl (C=O) groups excluding carboxylic acids is 1. The molecule has 1 atom stereocenters. The summed E-state index contributed by atoms with van der Waals surface area (Å²) in [7, 11) is 0. The van der Waals surface area contributed by atoms with Crippen LogP contribution in [0.5, 0.6) is 0 Å². The molecule has 3 aromatic rings. The third-order valence-corrected chi connectivity index (χ3v) is 3.69. The summed E-state index contributed by atoms with van der Waals surface area (Å²) in [4.78, 5) is 12.5. The van der Waals surface area contributed by atoms with Crippen LogP contribution in [0.1, 0.15) is 15.9 Å². The molecule has 3 rings (SSSR count). The number of halogens is 1. The Balaban J connectivity index is 1.96. The molecule has 22 heavy (non-hydrogen) atoms. The van der Waals surface area contributed by atoms with Gasteiger partial charge in [0.05, 0.1) is 0 Å². The van der Waals surface area contributed by atoms with Gasteiger partial charge in [0.2, 0.25) is 0 Å². The van der Waals surface area contributed by atoms with E-state index in [1.807, 2.05) is 18.2 Å². The maximum Gasteiger partial charge on any atom is 0.193 e. The molecular weight excluding hydrogens is 302 g/mol. The van der Waals surface area contributed by atoms with Crippen molar-refractivity contribution in [3.8, 4) is 0 Å². The van der Waals surface area contributed by atoms with Crippen LogP contribution in [0.15, 0.2) is 60.7 Å². The molecule has 0 heterocycles. The summed E-state index contributed by atoms with van der Waals surface area (Å²) < 4.78 is 0. The lowest BCUT2D eigenvalue weighted by atomic mass is 10.00. The molecule has 0 amide bonds. The molecule has 0 spiro atoms. The van der Waals surface area contributed by atoms with Gasteiger partial charge in [-0.05, 0) is 41.1 Å². The Hall–Kier alpha value is -2.24. The number of benzene rings is 3. The molecule has 4 nitrogen and oxygen atoms in total. The molecule has 0 saturated carbocycles. The minimum Gasteiger partial charge on any atom is -0.595 e. The highest BCUT2D eigenvalue weighted by molar-refractivity contribution is 6.31. The highest BCUT2D eigenvalue weighted by atomic mass is 35.5. The highest BCUT2D eigenvalue weighted by Gasteiger charge is 2.11. The summed E-state index contributed by atoms with van der Waals surface area (Å²) >= 11 is 5.94. The van der Waals surface area contributed by atoms with Gasteiger partial charge in [-0.2, -0.15) is 5.23 Å². The summed E-state index contributed by atoms with van der Waals surface area (Å²) in [5.41, 5.74) is 1.17. The normalized spacial score (nSPS) is 12.3. The average molecular weight is 314 g/mol. The smallest absolute Gasteiger partial charge is 0.193 e. The Bertz CT molecular complexity index is 844. The number of ketones is 1. The third-order valence-electron chi connectivity index (χ3n) is 3.46. The van der Waals surface area contributed by atoms with E-state index >= 15 is 0 Å². The molecule has 0 radical (unpaired) electrons. The van der Waals surface area contributed by atoms with E-state index in [0.29, 0.717) is 16.1 Å². The number of carbonyl (C=O) groups is 1. The van der Waals surface area contributed by atoms with Gasteiger partial charge in [-0.15, -0.1) is 0 Å². The predicted molar refractivity (Wildman–Crippen MR) is 84.6 cm³/mol. The predicted octanol–water partition coefficient (Wildman–Crippen LogP) is 3.13. The maximum absolute atomic E-state index is 12.5. The molecule has 0 saturated heterocycles. The van der Waals surface area contributed by atoms with E-state index in [0.717, 1.165) is 10.8 Å². The van der Waals surface area contributed by atoms with Crippen molar-refractivity contribution in [1.82, 2.24) is 0 Å². The van der Waals surface area contributed by atoms with Crippen LogP contribution in [0.4, 0.5) is 5.69 Å². The van der Waals surface area contributed by atoms with Gasteiger partial charge in [0.15, 0.2) is 11.5 Å². The van der Waals surface area contributed by atoms with Crippen molar-refractivity contribution >= 4 is 33.8 Å². The fourth-order valence-electron chi connectivity index (χ4n) is 2.29. The van der Waals surface area contributed by atoms with Gasteiger partial charge in [-0.1, -0.05) is 29.8 Å². The van der Waals surface area contributed by atoms with Gasteiger partial charge in [-0.25, -0.2) is 5.21 Å². The Morgan fingerprint density at radius 2 is 1.50 bits per heavy atom. The molecule has 0 bridgehead atoms. The van der Waals surface area contributed by atoms with Crippen molar-refractivity contribution < 1.29 is 15.2 Å². The number of quaternary nitrogens is 1. The van der Waals surface area contributed by atoms with Crippen LogP contribution in [0.3, 0.4) is 0 Å². The minimum absolute atomic E-state index is 0.145. The van der Waals surface area contributed by atoms with Gasteiger partial charge in [0.25, 0.3) is 0 Å². The molecule has 0 aromatic heterocycles. The number of rotatable bonds is 3. The van der Waals surface area contributed by atoms with Crippen LogP contribution in [0.25, 0.3) is 10.8 Å². The zero-order chi connectivity index (χ0) is 15.7.